The average molecular weight is 283 g/mol. The monoisotopic (exact) mass is 283 g/mol. The number of aryl methyl sites for hydroxylation is 1. The SMILES string of the molecule is OCc1ccc2c(c1)OCCN2CCCc1ccccc1. The Labute approximate surface area is 125 Å². The van der Waals surface area contributed by atoms with Gasteiger partial charge in [0, 0.05) is 6.54 Å². The lowest BCUT2D eigenvalue weighted by Gasteiger charge is -2.31. The van der Waals surface area contributed by atoms with E-state index in [1.807, 2.05) is 12.1 Å². The highest BCUT2D eigenvalue weighted by atomic mass is 16.5. The Morgan fingerprint density at radius 3 is 2.71 bits per heavy atom. The van der Waals surface area contributed by atoms with Gasteiger partial charge in [-0.1, -0.05) is 36.4 Å². The molecule has 3 nitrogen and oxygen atoms in total. The number of anilines is 1. The molecule has 1 aliphatic heterocycles. The largest absolute Gasteiger partial charge is 0.490 e. The van der Waals surface area contributed by atoms with Gasteiger partial charge < -0.3 is 14.7 Å². The Bertz CT molecular complexity index is 583. The van der Waals surface area contributed by atoms with E-state index in [1.54, 1.807) is 0 Å². The smallest absolute Gasteiger partial charge is 0.143 e. The first kappa shape index (κ1) is 14.0. The Balaban J connectivity index is 1.62. The van der Waals surface area contributed by atoms with Gasteiger partial charge in [0.25, 0.3) is 0 Å². The standard InChI is InChI=1S/C18H21NO2/c20-14-16-8-9-17-18(13-16)21-12-11-19(17)10-4-7-15-5-2-1-3-6-15/h1-3,5-6,8-9,13,20H,4,7,10-12,14H2. The van der Waals surface area contributed by atoms with Gasteiger partial charge in [-0.25, -0.2) is 0 Å². The summed E-state index contributed by atoms with van der Waals surface area (Å²) in [6.45, 7) is 2.74. The highest BCUT2D eigenvalue weighted by molar-refractivity contribution is 5.61. The van der Waals surface area contributed by atoms with Crippen molar-refractivity contribution in [3.8, 4) is 5.75 Å². The fraction of sp³-hybridized carbons (Fsp3) is 0.333. The summed E-state index contributed by atoms with van der Waals surface area (Å²) < 4.78 is 5.71. The summed E-state index contributed by atoms with van der Waals surface area (Å²) in [4.78, 5) is 2.38. The molecule has 2 aromatic carbocycles. The maximum absolute atomic E-state index is 9.20. The molecule has 1 aliphatic rings. The predicted molar refractivity (Wildman–Crippen MR) is 84.8 cm³/mol. The van der Waals surface area contributed by atoms with Crippen molar-refractivity contribution in [3.63, 3.8) is 0 Å². The summed E-state index contributed by atoms with van der Waals surface area (Å²) in [5, 5.41) is 9.20. The van der Waals surface area contributed by atoms with Crippen molar-refractivity contribution in [1.82, 2.24) is 0 Å². The lowest BCUT2D eigenvalue weighted by atomic mass is 10.1. The van der Waals surface area contributed by atoms with Crippen LogP contribution < -0.4 is 9.64 Å². The number of aliphatic hydroxyl groups excluding tert-OH is 1. The highest BCUT2D eigenvalue weighted by Crippen LogP contribution is 2.32. The van der Waals surface area contributed by atoms with Crippen molar-refractivity contribution in [2.45, 2.75) is 19.4 Å². The van der Waals surface area contributed by atoms with Crippen LogP contribution in [0.15, 0.2) is 48.5 Å². The molecule has 3 rings (SSSR count). The van der Waals surface area contributed by atoms with Gasteiger partial charge in [-0.3, -0.25) is 0 Å². The molecule has 0 radical (unpaired) electrons. The van der Waals surface area contributed by atoms with Gasteiger partial charge in [0.1, 0.15) is 12.4 Å². The summed E-state index contributed by atoms with van der Waals surface area (Å²) in [5.74, 6) is 0.896. The molecular weight excluding hydrogens is 262 g/mol. The van der Waals surface area contributed by atoms with Gasteiger partial charge in [0.2, 0.25) is 0 Å². The van der Waals surface area contributed by atoms with E-state index in [2.05, 4.69) is 41.3 Å². The van der Waals surface area contributed by atoms with Gasteiger partial charge in [0.15, 0.2) is 0 Å². The highest BCUT2D eigenvalue weighted by Gasteiger charge is 2.17. The van der Waals surface area contributed by atoms with E-state index in [1.165, 1.54) is 5.56 Å². The minimum absolute atomic E-state index is 0.0602. The van der Waals surface area contributed by atoms with Crippen molar-refractivity contribution < 1.29 is 9.84 Å². The summed E-state index contributed by atoms with van der Waals surface area (Å²) in [7, 11) is 0. The van der Waals surface area contributed by atoms with Crippen LogP contribution in [0.25, 0.3) is 0 Å². The summed E-state index contributed by atoms with van der Waals surface area (Å²) in [6.07, 6.45) is 2.23. The third-order valence-electron chi connectivity index (χ3n) is 3.90. The molecule has 0 fully saturated rings. The second kappa shape index (κ2) is 6.64. The van der Waals surface area contributed by atoms with Crippen LogP contribution in [0, 0.1) is 0 Å². The number of rotatable bonds is 5. The maximum Gasteiger partial charge on any atom is 0.143 e. The van der Waals surface area contributed by atoms with Crippen LogP contribution in [-0.4, -0.2) is 24.8 Å². The molecule has 0 amide bonds. The third-order valence-corrected chi connectivity index (χ3v) is 3.90. The molecule has 0 aliphatic carbocycles. The summed E-state index contributed by atoms with van der Waals surface area (Å²) in [5.41, 5.74) is 3.44. The zero-order valence-corrected chi connectivity index (χ0v) is 12.2. The number of hydrogen-bond acceptors (Lipinski definition) is 3. The molecule has 0 unspecified atom stereocenters. The average Bonchev–Trinajstić information content (AvgIpc) is 2.55. The van der Waals surface area contributed by atoms with Gasteiger partial charge in [-0.15, -0.1) is 0 Å². The number of benzene rings is 2. The number of hydrogen-bond donors (Lipinski definition) is 1. The first-order valence-corrected chi connectivity index (χ1v) is 7.52. The van der Waals surface area contributed by atoms with Gasteiger partial charge in [-0.2, -0.15) is 0 Å². The molecule has 0 aromatic heterocycles. The fourth-order valence-electron chi connectivity index (χ4n) is 2.77. The van der Waals surface area contributed by atoms with Crippen molar-refractivity contribution >= 4 is 5.69 Å². The van der Waals surface area contributed by atoms with Crippen molar-refractivity contribution in [1.29, 1.82) is 0 Å². The van der Waals surface area contributed by atoms with E-state index in [9.17, 15) is 5.11 Å². The topological polar surface area (TPSA) is 32.7 Å². The number of nitrogens with zero attached hydrogens (tertiary/aromatic N) is 1. The lowest BCUT2D eigenvalue weighted by molar-refractivity contribution is 0.278. The van der Waals surface area contributed by atoms with E-state index in [4.69, 9.17) is 4.74 Å². The van der Waals surface area contributed by atoms with Crippen LogP contribution in [0.1, 0.15) is 17.5 Å². The molecule has 0 saturated heterocycles. The Morgan fingerprint density at radius 2 is 1.90 bits per heavy atom. The quantitative estimate of drug-likeness (QED) is 0.915. The third kappa shape index (κ3) is 3.37. The van der Waals surface area contributed by atoms with Crippen LogP contribution in [0.3, 0.4) is 0 Å². The molecule has 0 atom stereocenters. The number of fused-ring (bicyclic) bond motifs is 1. The van der Waals surface area contributed by atoms with Gasteiger partial charge in [0.05, 0.1) is 18.8 Å². The zero-order chi connectivity index (χ0) is 14.5. The van der Waals surface area contributed by atoms with Crippen LogP contribution in [0.4, 0.5) is 5.69 Å². The molecule has 21 heavy (non-hydrogen) atoms. The minimum Gasteiger partial charge on any atom is -0.490 e. The molecule has 0 saturated carbocycles. The normalized spacial score (nSPS) is 13.7. The maximum atomic E-state index is 9.20. The zero-order valence-electron chi connectivity index (χ0n) is 12.2. The van der Waals surface area contributed by atoms with E-state index in [0.29, 0.717) is 6.61 Å². The number of aliphatic hydroxyl groups is 1. The van der Waals surface area contributed by atoms with E-state index in [-0.39, 0.29) is 6.61 Å². The summed E-state index contributed by atoms with van der Waals surface area (Å²) in [6, 6.07) is 16.6. The fourth-order valence-corrected chi connectivity index (χ4v) is 2.77. The van der Waals surface area contributed by atoms with Crippen LogP contribution >= 0.6 is 0 Å². The molecule has 1 heterocycles. The second-order valence-electron chi connectivity index (χ2n) is 5.38. The van der Waals surface area contributed by atoms with E-state index < -0.39 is 0 Å². The predicted octanol–water partition coefficient (Wildman–Crippen LogP) is 3.01. The Kier molecular flexibility index (Phi) is 4.41. The van der Waals surface area contributed by atoms with E-state index >= 15 is 0 Å². The number of ether oxygens (including phenoxy) is 1. The van der Waals surface area contributed by atoms with Crippen molar-refractivity contribution in [3.05, 3.63) is 59.7 Å². The van der Waals surface area contributed by atoms with Gasteiger partial charge in [-0.05, 0) is 36.1 Å². The molecule has 1 N–H and O–H groups in total. The van der Waals surface area contributed by atoms with Crippen molar-refractivity contribution in [2.24, 2.45) is 0 Å². The molecule has 3 heteroatoms. The molecule has 0 bridgehead atoms. The van der Waals surface area contributed by atoms with Gasteiger partial charge >= 0.3 is 0 Å². The minimum atomic E-state index is 0.0602. The van der Waals surface area contributed by atoms with Crippen LogP contribution in [0.2, 0.25) is 0 Å². The molecule has 2 aromatic rings. The van der Waals surface area contributed by atoms with Crippen molar-refractivity contribution in [2.75, 3.05) is 24.6 Å². The Morgan fingerprint density at radius 1 is 1.05 bits per heavy atom. The van der Waals surface area contributed by atoms with E-state index in [0.717, 1.165) is 42.9 Å². The Hall–Kier alpha value is -2.00. The molecule has 110 valence electrons. The summed E-state index contributed by atoms with van der Waals surface area (Å²) >= 11 is 0. The first-order chi connectivity index (χ1) is 10.4. The van der Waals surface area contributed by atoms with Crippen LogP contribution in [0.5, 0.6) is 5.75 Å². The first-order valence-electron chi connectivity index (χ1n) is 7.52. The molecular formula is C18H21NO2. The molecule has 0 spiro atoms. The lowest BCUT2D eigenvalue weighted by Crippen LogP contribution is -2.33. The van der Waals surface area contributed by atoms with Crippen LogP contribution in [-0.2, 0) is 13.0 Å². The second-order valence-corrected chi connectivity index (χ2v) is 5.38.